The molecule has 0 radical (unpaired) electrons. The molecule has 1 heterocycles. The van der Waals surface area contributed by atoms with E-state index in [-0.39, 0.29) is 11.3 Å². The van der Waals surface area contributed by atoms with Crippen LogP contribution in [0.25, 0.3) is 0 Å². The topological polar surface area (TPSA) is 82.2 Å². The van der Waals surface area contributed by atoms with E-state index in [1.807, 2.05) is 6.07 Å². The quantitative estimate of drug-likeness (QED) is 0.664. The molecular weight excluding hydrogens is 268 g/mol. The molecule has 1 atom stereocenters. The molecule has 0 amide bonds. The van der Waals surface area contributed by atoms with Gasteiger partial charge in [-0.15, -0.1) is 0 Å². The van der Waals surface area contributed by atoms with E-state index in [1.54, 1.807) is 12.1 Å². The number of nitrogens with zero attached hydrogens (tertiary/aromatic N) is 3. The van der Waals surface area contributed by atoms with Gasteiger partial charge in [-0.1, -0.05) is 6.92 Å². The van der Waals surface area contributed by atoms with Crippen LogP contribution in [0.5, 0.6) is 0 Å². The Morgan fingerprint density at radius 3 is 2.95 bits per heavy atom. The lowest BCUT2D eigenvalue weighted by atomic mass is 10.0. The molecule has 2 rings (SSSR count). The summed E-state index contributed by atoms with van der Waals surface area (Å²) in [6, 6.07) is 7.15. The highest BCUT2D eigenvalue weighted by Crippen LogP contribution is 2.27. The van der Waals surface area contributed by atoms with E-state index in [0.717, 1.165) is 44.6 Å². The van der Waals surface area contributed by atoms with Gasteiger partial charge in [0.1, 0.15) is 11.6 Å². The van der Waals surface area contributed by atoms with Crippen LogP contribution in [0.15, 0.2) is 18.2 Å². The first-order valence-electron chi connectivity index (χ1n) is 7.33. The van der Waals surface area contributed by atoms with Gasteiger partial charge < -0.3 is 10.2 Å². The Hall–Kier alpha value is -2.13. The number of nitriles is 1. The molecule has 1 saturated heterocycles. The zero-order valence-electron chi connectivity index (χ0n) is 12.2. The molecule has 1 aliphatic heterocycles. The summed E-state index contributed by atoms with van der Waals surface area (Å²) in [7, 11) is 0. The van der Waals surface area contributed by atoms with Crippen molar-refractivity contribution in [2.24, 2.45) is 0 Å². The Kier molecular flexibility index (Phi) is 5.12. The molecule has 0 bridgehead atoms. The standard InChI is InChI=1S/C15H20N4O2/c1-2-8-18(14-4-3-7-17-11-14)13-5-6-15(19(20)21)12(9-13)10-16/h5-6,9,14,17H,2-4,7-8,11H2,1H3. The molecule has 0 saturated carbocycles. The normalized spacial score (nSPS) is 18.0. The van der Waals surface area contributed by atoms with Crippen molar-refractivity contribution >= 4 is 11.4 Å². The largest absolute Gasteiger partial charge is 0.367 e. The third-order valence-corrected chi connectivity index (χ3v) is 3.81. The van der Waals surface area contributed by atoms with Crippen LogP contribution < -0.4 is 10.2 Å². The Balaban J connectivity index is 2.31. The van der Waals surface area contributed by atoms with Crippen molar-refractivity contribution in [1.82, 2.24) is 5.32 Å². The first-order valence-corrected chi connectivity index (χ1v) is 7.33. The van der Waals surface area contributed by atoms with Gasteiger partial charge in [0.25, 0.3) is 5.69 Å². The summed E-state index contributed by atoms with van der Waals surface area (Å²) in [5, 5.41) is 23.4. The minimum Gasteiger partial charge on any atom is -0.367 e. The number of rotatable bonds is 5. The second-order valence-electron chi connectivity index (χ2n) is 5.26. The fraction of sp³-hybridized carbons (Fsp3) is 0.533. The lowest BCUT2D eigenvalue weighted by Crippen LogP contribution is -2.46. The fourth-order valence-electron chi connectivity index (χ4n) is 2.81. The van der Waals surface area contributed by atoms with Gasteiger partial charge in [-0.25, -0.2) is 0 Å². The molecule has 6 nitrogen and oxygen atoms in total. The third-order valence-electron chi connectivity index (χ3n) is 3.81. The SMILES string of the molecule is CCCN(c1ccc([N+](=O)[O-])c(C#N)c1)C1CCCNC1. The van der Waals surface area contributed by atoms with E-state index >= 15 is 0 Å². The third kappa shape index (κ3) is 3.50. The molecule has 1 aromatic rings. The number of nitro benzene ring substituents is 1. The van der Waals surface area contributed by atoms with Crippen molar-refractivity contribution in [2.45, 2.75) is 32.2 Å². The van der Waals surface area contributed by atoms with Crippen molar-refractivity contribution in [2.75, 3.05) is 24.5 Å². The maximum absolute atomic E-state index is 10.9. The van der Waals surface area contributed by atoms with Crippen LogP contribution in [0, 0.1) is 21.4 Å². The van der Waals surface area contributed by atoms with E-state index in [0.29, 0.717) is 6.04 Å². The highest BCUT2D eigenvalue weighted by Gasteiger charge is 2.23. The molecule has 1 fully saturated rings. The van der Waals surface area contributed by atoms with Gasteiger partial charge in [0.15, 0.2) is 0 Å². The summed E-state index contributed by atoms with van der Waals surface area (Å²) in [4.78, 5) is 12.7. The smallest absolute Gasteiger partial charge is 0.287 e. The molecule has 1 aliphatic rings. The number of nitrogens with one attached hydrogen (secondary N) is 1. The van der Waals surface area contributed by atoms with Crippen LogP contribution in [0.4, 0.5) is 11.4 Å². The molecule has 0 spiro atoms. The number of nitro groups is 1. The summed E-state index contributed by atoms with van der Waals surface area (Å²) in [5.41, 5.74) is 0.898. The number of benzene rings is 1. The van der Waals surface area contributed by atoms with Gasteiger partial charge in [0.05, 0.1) is 4.92 Å². The van der Waals surface area contributed by atoms with Crippen molar-refractivity contribution in [3.05, 3.63) is 33.9 Å². The highest BCUT2D eigenvalue weighted by molar-refractivity contribution is 5.60. The van der Waals surface area contributed by atoms with Gasteiger partial charge in [-0.05, 0) is 37.9 Å². The maximum atomic E-state index is 10.9. The first kappa shape index (κ1) is 15.3. The van der Waals surface area contributed by atoms with E-state index in [9.17, 15) is 10.1 Å². The van der Waals surface area contributed by atoms with E-state index in [1.165, 1.54) is 6.07 Å². The maximum Gasteiger partial charge on any atom is 0.287 e. The van der Waals surface area contributed by atoms with Gasteiger partial charge in [-0.3, -0.25) is 10.1 Å². The van der Waals surface area contributed by atoms with Crippen LogP contribution in [-0.4, -0.2) is 30.6 Å². The van der Waals surface area contributed by atoms with Crippen molar-refractivity contribution in [3.63, 3.8) is 0 Å². The summed E-state index contributed by atoms with van der Waals surface area (Å²) in [6.07, 6.45) is 3.23. The molecule has 0 aromatic heterocycles. The van der Waals surface area contributed by atoms with Gasteiger partial charge in [0.2, 0.25) is 0 Å². The Morgan fingerprint density at radius 1 is 1.57 bits per heavy atom. The molecule has 1 unspecified atom stereocenters. The lowest BCUT2D eigenvalue weighted by Gasteiger charge is -2.36. The van der Waals surface area contributed by atoms with Gasteiger partial charge in [0, 0.05) is 30.9 Å². The Labute approximate surface area is 124 Å². The highest BCUT2D eigenvalue weighted by atomic mass is 16.6. The van der Waals surface area contributed by atoms with Crippen LogP contribution in [0.2, 0.25) is 0 Å². The number of anilines is 1. The molecular formula is C15H20N4O2. The number of piperidine rings is 1. The summed E-state index contributed by atoms with van der Waals surface area (Å²) in [5.74, 6) is 0. The predicted molar refractivity (Wildman–Crippen MR) is 81.3 cm³/mol. The van der Waals surface area contributed by atoms with Crippen LogP contribution in [0.3, 0.4) is 0 Å². The summed E-state index contributed by atoms with van der Waals surface area (Å²) < 4.78 is 0. The van der Waals surface area contributed by atoms with Gasteiger partial charge >= 0.3 is 0 Å². The Bertz CT molecular complexity index is 547. The second kappa shape index (κ2) is 7.04. The molecule has 1 N–H and O–H groups in total. The average Bonchev–Trinajstić information content (AvgIpc) is 2.52. The summed E-state index contributed by atoms with van der Waals surface area (Å²) in [6.45, 7) is 4.95. The molecule has 112 valence electrons. The first-order chi connectivity index (χ1) is 10.2. The summed E-state index contributed by atoms with van der Waals surface area (Å²) >= 11 is 0. The van der Waals surface area contributed by atoms with E-state index in [4.69, 9.17) is 5.26 Å². The van der Waals surface area contributed by atoms with Crippen molar-refractivity contribution in [1.29, 1.82) is 5.26 Å². The minimum absolute atomic E-state index is 0.125. The lowest BCUT2D eigenvalue weighted by molar-refractivity contribution is -0.385. The van der Waals surface area contributed by atoms with Crippen LogP contribution in [0.1, 0.15) is 31.7 Å². The minimum atomic E-state index is -0.505. The van der Waals surface area contributed by atoms with Gasteiger partial charge in [-0.2, -0.15) is 5.26 Å². The average molecular weight is 288 g/mol. The Morgan fingerprint density at radius 2 is 2.38 bits per heavy atom. The van der Waals surface area contributed by atoms with Crippen LogP contribution >= 0.6 is 0 Å². The zero-order valence-corrected chi connectivity index (χ0v) is 12.2. The van der Waals surface area contributed by atoms with Crippen molar-refractivity contribution in [3.8, 4) is 6.07 Å². The molecule has 6 heteroatoms. The number of hydrogen-bond acceptors (Lipinski definition) is 5. The predicted octanol–water partition coefficient (Wildman–Crippen LogP) is 2.43. The second-order valence-corrected chi connectivity index (χ2v) is 5.26. The van der Waals surface area contributed by atoms with E-state index < -0.39 is 4.92 Å². The molecule has 21 heavy (non-hydrogen) atoms. The van der Waals surface area contributed by atoms with Crippen LogP contribution in [-0.2, 0) is 0 Å². The van der Waals surface area contributed by atoms with E-state index in [2.05, 4.69) is 17.1 Å². The number of hydrogen-bond donors (Lipinski definition) is 1. The molecule has 1 aromatic carbocycles. The fourth-order valence-corrected chi connectivity index (χ4v) is 2.81. The zero-order chi connectivity index (χ0) is 15.2. The van der Waals surface area contributed by atoms with Crippen molar-refractivity contribution < 1.29 is 4.92 Å². The molecule has 0 aliphatic carbocycles. The monoisotopic (exact) mass is 288 g/mol.